The van der Waals surface area contributed by atoms with Crippen molar-refractivity contribution in [1.29, 1.82) is 0 Å². The van der Waals surface area contributed by atoms with Crippen molar-refractivity contribution in [3.05, 3.63) is 0 Å². The van der Waals surface area contributed by atoms with E-state index in [0.717, 1.165) is 0 Å². The molecule has 0 saturated carbocycles. The third kappa shape index (κ3) is 0.958. The zero-order valence-corrected chi connectivity index (χ0v) is 8.08. The molecule has 1 atom stereocenters. The molecule has 1 N–H and O–H groups in total. The predicted octanol–water partition coefficient (Wildman–Crippen LogP) is 0.972. The van der Waals surface area contributed by atoms with Gasteiger partial charge in [-0.05, 0) is 0 Å². The molecular formula is C4H10NPTe. The zero-order chi connectivity index (χ0) is 5.71. The van der Waals surface area contributed by atoms with E-state index in [9.17, 15) is 0 Å². The van der Waals surface area contributed by atoms with Crippen LogP contribution in [0.1, 0.15) is 13.8 Å². The van der Waals surface area contributed by atoms with Crippen molar-refractivity contribution < 1.29 is 0 Å². The molecule has 1 fully saturated rings. The van der Waals surface area contributed by atoms with Gasteiger partial charge in [-0.25, -0.2) is 0 Å². The van der Waals surface area contributed by atoms with Gasteiger partial charge in [0.15, 0.2) is 0 Å². The zero-order valence-electron chi connectivity index (χ0n) is 4.86. The number of hydrogen-bond acceptors (Lipinski definition) is 1. The second-order valence-electron chi connectivity index (χ2n) is 2.59. The van der Waals surface area contributed by atoms with Crippen LogP contribution in [0.15, 0.2) is 0 Å². The Labute approximate surface area is 56.9 Å². The van der Waals surface area contributed by atoms with Crippen LogP contribution in [-0.2, 0) is 0 Å². The summed E-state index contributed by atoms with van der Waals surface area (Å²) in [6.07, 6.45) is 0. The molecule has 0 spiro atoms. The van der Waals surface area contributed by atoms with E-state index in [1.807, 2.05) is 0 Å². The Kier molecular flexibility index (Phi) is 1.23. The molecule has 3 heteroatoms. The molecule has 0 aromatic heterocycles. The first-order valence-corrected chi connectivity index (χ1v) is 7.61. The van der Waals surface area contributed by atoms with Crippen molar-refractivity contribution in [2.75, 3.05) is 6.66 Å². The average molecular weight is 231 g/mol. The van der Waals surface area contributed by atoms with Crippen molar-refractivity contribution in [3.63, 3.8) is 0 Å². The molecule has 42 valence electrons. The first-order chi connectivity index (χ1) is 2.96. The van der Waals surface area contributed by atoms with Crippen molar-refractivity contribution >= 4 is 25.9 Å². The van der Waals surface area contributed by atoms with Gasteiger partial charge in [0.1, 0.15) is 0 Å². The maximum absolute atomic E-state index is 3.46. The predicted molar refractivity (Wildman–Crippen MR) is 35.8 cm³/mol. The molecular weight excluding hydrogens is 221 g/mol. The summed E-state index contributed by atoms with van der Waals surface area (Å²) in [5.74, 6) is 0. The van der Waals surface area contributed by atoms with Crippen LogP contribution in [0.5, 0.6) is 0 Å². The fourth-order valence-corrected chi connectivity index (χ4v) is 4.53. The summed E-state index contributed by atoms with van der Waals surface area (Å²) in [5.41, 5.74) is 0. The summed E-state index contributed by atoms with van der Waals surface area (Å²) in [5, 5.41) is 3.97. The number of nitrogens with one attached hydrogen (secondary N) is 1. The fraction of sp³-hybridized carbons (Fsp3) is 1.00. The summed E-state index contributed by atoms with van der Waals surface area (Å²) in [4.78, 5) is 0. The fourth-order valence-electron chi connectivity index (χ4n) is 0.497. The van der Waals surface area contributed by atoms with Gasteiger partial charge in [-0.15, -0.1) is 0 Å². The van der Waals surface area contributed by atoms with Gasteiger partial charge in [-0.3, -0.25) is 0 Å². The van der Waals surface area contributed by atoms with Crippen LogP contribution in [0, 0.1) is 0 Å². The van der Waals surface area contributed by atoms with Crippen LogP contribution in [-0.4, -0.2) is 33.2 Å². The van der Waals surface area contributed by atoms with E-state index < -0.39 is 4.64 Å². The first-order valence-electron chi connectivity index (χ1n) is 2.33. The van der Waals surface area contributed by atoms with E-state index >= 15 is 0 Å². The Bertz CT molecular complexity index is 141. The summed E-state index contributed by atoms with van der Waals surface area (Å²) < 4.78 is -0.582. The molecule has 1 unspecified atom stereocenters. The van der Waals surface area contributed by atoms with Crippen LogP contribution in [0.4, 0.5) is 0 Å². The molecule has 1 rings (SSSR count). The quantitative estimate of drug-likeness (QED) is 0.374. The number of rotatable bonds is 0. The minimum absolute atomic E-state index is 0.511. The van der Waals surface area contributed by atoms with Gasteiger partial charge in [-0.2, -0.15) is 0 Å². The summed E-state index contributed by atoms with van der Waals surface area (Å²) in [6, 6.07) is 0. The van der Waals surface area contributed by atoms with Crippen LogP contribution < -0.4 is 5.09 Å². The van der Waals surface area contributed by atoms with Crippen molar-refractivity contribution in [2.24, 2.45) is 0 Å². The first kappa shape index (κ1) is 6.30. The summed E-state index contributed by atoms with van der Waals surface area (Å²) in [7, 11) is 0. The molecule has 7 heavy (non-hydrogen) atoms. The molecule has 0 bridgehead atoms. The molecule has 1 heterocycles. The van der Waals surface area contributed by atoms with Crippen LogP contribution in [0.3, 0.4) is 0 Å². The average Bonchev–Trinajstić information content (AvgIpc) is 1.63. The second-order valence-corrected chi connectivity index (χ2v) is 12.0. The van der Waals surface area contributed by atoms with Crippen LogP contribution >= 0.6 is 4.64 Å². The standard InChI is InChI=1S/C4H10NPTe/c1-4(2)5-6(4,3)7/h1-3H3,(H,5,7). The Hall–Kier alpha value is 1.18. The van der Waals surface area contributed by atoms with Gasteiger partial charge < -0.3 is 0 Å². The normalized spacial score (nSPS) is 46.1. The van der Waals surface area contributed by atoms with Gasteiger partial charge in [0.25, 0.3) is 0 Å². The Morgan fingerprint density at radius 1 is 1.57 bits per heavy atom. The monoisotopic (exact) mass is 233 g/mol. The van der Waals surface area contributed by atoms with Gasteiger partial charge in [-0.1, -0.05) is 0 Å². The van der Waals surface area contributed by atoms with E-state index in [1.54, 1.807) is 0 Å². The van der Waals surface area contributed by atoms with Crippen LogP contribution in [0.2, 0.25) is 0 Å². The van der Waals surface area contributed by atoms with Crippen LogP contribution in [0.25, 0.3) is 0 Å². The van der Waals surface area contributed by atoms with Gasteiger partial charge in [0.2, 0.25) is 0 Å². The van der Waals surface area contributed by atoms with E-state index in [0.29, 0.717) is 5.28 Å². The molecule has 0 radical (unpaired) electrons. The Balaban J connectivity index is 2.78. The summed E-state index contributed by atoms with van der Waals surface area (Å²) >= 11 is 2.26. The third-order valence-corrected chi connectivity index (χ3v) is 9.20. The molecule has 1 saturated heterocycles. The molecule has 0 amide bonds. The second kappa shape index (κ2) is 1.36. The van der Waals surface area contributed by atoms with Crippen molar-refractivity contribution in [1.82, 2.24) is 5.09 Å². The van der Waals surface area contributed by atoms with E-state index in [-0.39, 0.29) is 0 Å². The van der Waals surface area contributed by atoms with Gasteiger partial charge >= 0.3 is 56.8 Å². The molecule has 1 aliphatic heterocycles. The molecule has 0 aliphatic carbocycles. The molecule has 1 aliphatic rings. The Morgan fingerprint density at radius 2 is 1.71 bits per heavy atom. The minimum atomic E-state index is -0.582. The van der Waals surface area contributed by atoms with E-state index in [2.05, 4.69) is 46.8 Å². The van der Waals surface area contributed by atoms with Crippen molar-refractivity contribution in [2.45, 2.75) is 19.1 Å². The third-order valence-electron chi connectivity index (χ3n) is 1.50. The van der Waals surface area contributed by atoms with Gasteiger partial charge in [0, 0.05) is 0 Å². The molecule has 1 nitrogen and oxygen atoms in total. The van der Waals surface area contributed by atoms with Crippen molar-refractivity contribution in [3.8, 4) is 0 Å². The molecule has 0 aromatic rings. The maximum atomic E-state index is 3.46. The Morgan fingerprint density at radius 3 is 1.71 bits per heavy atom. The number of hydrogen-bond donors (Lipinski definition) is 1. The molecule has 0 aromatic carbocycles. The van der Waals surface area contributed by atoms with Gasteiger partial charge in [0.05, 0.1) is 0 Å². The topological polar surface area (TPSA) is 21.9 Å². The summed E-state index contributed by atoms with van der Waals surface area (Å²) in [6.45, 7) is 6.87. The van der Waals surface area contributed by atoms with E-state index in [1.165, 1.54) is 0 Å². The van der Waals surface area contributed by atoms with E-state index in [4.69, 9.17) is 0 Å². The SMILES string of the molecule is CC1(C)NP1(C)=[Te].